The summed E-state index contributed by atoms with van der Waals surface area (Å²) in [6.07, 6.45) is 8.10. The van der Waals surface area contributed by atoms with Crippen molar-refractivity contribution >= 4 is 11.6 Å². The molecule has 0 aromatic heterocycles. The molecule has 0 N–H and O–H groups in total. The molecule has 0 radical (unpaired) electrons. The van der Waals surface area contributed by atoms with Crippen molar-refractivity contribution in [3.05, 3.63) is 34.9 Å². The summed E-state index contributed by atoms with van der Waals surface area (Å²) in [5, 5.41) is 0.196. The quantitative estimate of drug-likeness (QED) is 0.408. The van der Waals surface area contributed by atoms with Crippen LogP contribution in [0.25, 0.3) is 0 Å². The van der Waals surface area contributed by atoms with Crippen LogP contribution < -0.4 is 0 Å². The summed E-state index contributed by atoms with van der Waals surface area (Å²) in [7, 11) is 0. The monoisotopic (exact) mass is 306 g/mol. The highest BCUT2D eigenvalue weighted by Crippen LogP contribution is 2.41. The maximum Gasteiger partial charge on any atom is 0.0616 e. The van der Waals surface area contributed by atoms with Crippen molar-refractivity contribution in [3.8, 4) is 0 Å². The second kappa shape index (κ2) is 7.68. The van der Waals surface area contributed by atoms with Crippen molar-refractivity contribution in [2.45, 2.75) is 83.4 Å². The van der Waals surface area contributed by atoms with Crippen LogP contribution in [-0.4, -0.2) is 0 Å². The van der Waals surface area contributed by atoms with E-state index in [0.717, 1.165) is 0 Å². The summed E-state index contributed by atoms with van der Waals surface area (Å²) in [5.74, 6) is 1.80. The molecule has 0 spiro atoms. The first kappa shape index (κ1) is 16.9. The van der Waals surface area contributed by atoms with Gasteiger partial charge in [-0.05, 0) is 47.3 Å². The Morgan fingerprint density at radius 2 is 1.48 bits per heavy atom. The van der Waals surface area contributed by atoms with Crippen LogP contribution in [0.5, 0.6) is 0 Å². The lowest BCUT2D eigenvalue weighted by molar-refractivity contribution is 0.443. The standard InChI is InChI=1S/C20H31Cl/c1-14(2)17-11-12-18(19(13-17)15(3)4)20(21)16-9-7-5-6-8-10-16/h11-16,20H,5-10H2,1-4H3. The molecular formula is C20H31Cl. The van der Waals surface area contributed by atoms with Gasteiger partial charge in [-0.25, -0.2) is 0 Å². The molecule has 0 nitrogen and oxygen atoms in total. The Bertz CT molecular complexity index is 439. The number of halogens is 1. The van der Waals surface area contributed by atoms with E-state index in [4.69, 9.17) is 11.6 Å². The molecule has 0 aliphatic heterocycles. The van der Waals surface area contributed by atoms with Gasteiger partial charge in [-0.15, -0.1) is 11.6 Å². The van der Waals surface area contributed by atoms with Crippen molar-refractivity contribution in [2.24, 2.45) is 5.92 Å². The molecule has 1 unspecified atom stereocenters. The predicted molar refractivity (Wildman–Crippen MR) is 94.4 cm³/mol. The van der Waals surface area contributed by atoms with Crippen LogP contribution in [-0.2, 0) is 0 Å². The van der Waals surface area contributed by atoms with Crippen LogP contribution in [0, 0.1) is 5.92 Å². The zero-order valence-corrected chi connectivity index (χ0v) is 14.9. The minimum absolute atomic E-state index is 0.196. The molecule has 0 bridgehead atoms. The summed E-state index contributed by atoms with van der Waals surface area (Å²) >= 11 is 6.94. The SMILES string of the molecule is CC(C)c1ccc(C(Cl)C2CCCCCC2)c(C(C)C)c1. The minimum Gasteiger partial charge on any atom is -0.118 e. The highest BCUT2D eigenvalue weighted by Gasteiger charge is 2.25. The van der Waals surface area contributed by atoms with Crippen molar-refractivity contribution in [1.29, 1.82) is 0 Å². The van der Waals surface area contributed by atoms with Crippen LogP contribution in [0.2, 0.25) is 0 Å². The highest BCUT2D eigenvalue weighted by atomic mass is 35.5. The molecule has 118 valence electrons. The second-order valence-corrected chi connectivity index (χ2v) is 7.82. The molecule has 1 aliphatic carbocycles. The van der Waals surface area contributed by atoms with E-state index in [0.29, 0.717) is 17.8 Å². The first-order valence-electron chi connectivity index (χ1n) is 8.78. The zero-order valence-electron chi connectivity index (χ0n) is 14.2. The van der Waals surface area contributed by atoms with Gasteiger partial charge >= 0.3 is 0 Å². The summed E-state index contributed by atoms with van der Waals surface area (Å²) in [6, 6.07) is 7.00. The van der Waals surface area contributed by atoms with Crippen LogP contribution in [0.4, 0.5) is 0 Å². The molecule has 0 saturated heterocycles. The van der Waals surface area contributed by atoms with Gasteiger partial charge in [0.05, 0.1) is 5.38 Å². The molecular weight excluding hydrogens is 276 g/mol. The first-order valence-corrected chi connectivity index (χ1v) is 9.22. The Hall–Kier alpha value is -0.490. The summed E-state index contributed by atoms with van der Waals surface area (Å²) in [5.41, 5.74) is 4.29. The molecule has 21 heavy (non-hydrogen) atoms. The molecule has 2 rings (SSSR count). The summed E-state index contributed by atoms with van der Waals surface area (Å²) in [4.78, 5) is 0. The van der Waals surface area contributed by atoms with E-state index in [9.17, 15) is 0 Å². The number of alkyl halides is 1. The van der Waals surface area contributed by atoms with E-state index in [2.05, 4.69) is 45.9 Å². The van der Waals surface area contributed by atoms with Gasteiger partial charge in [0.15, 0.2) is 0 Å². The summed E-state index contributed by atoms with van der Waals surface area (Å²) in [6.45, 7) is 9.12. The largest absolute Gasteiger partial charge is 0.118 e. The average Bonchev–Trinajstić information content (AvgIpc) is 2.74. The van der Waals surface area contributed by atoms with Crippen LogP contribution in [0.3, 0.4) is 0 Å². The van der Waals surface area contributed by atoms with Crippen LogP contribution in [0.1, 0.15) is 100 Å². The number of hydrogen-bond acceptors (Lipinski definition) is 0. The smallest absolute Gasteiger partial charge is 0.0616 e. The second-order valence-electron chi connectivity index (χ2n) is 7.35. The van der Waals surface area contributed by atoms with Gasteiger partial charge in [0, 0.05) is 0 Å². The van der Waals surface area contributed by atoms with Crippen molar-refractivity contribution < 1.29 is 0 Å². The summed E-state index contributed by atoms with van der Waals surface area (Å²) < 4.78 is 0. The van der Waals surface area contributed by atoms with Gasteiger partial charge in [0.2, 0.25) is 0 Å². The van der Waals surface area contributed by atoms with Gasteiger partial charge in [-0.1, -0.05) is 71.6 Å². The molecule has 1 heteroatoms. The average molecular weight is 307 g/mol. The fraction of sp³-hybridized carbons (Fsp3) is 0.700. The Kier molecular flexibility index (Phi) is 6.17. The van der Waals surface area contributed by atoms with Gasteiger partial charge in [-0.3, -0.25) is 0 Å². The molecule has 0 amide bonds. The van der Waals surface area contributed by atoms with E-state index < -0.39 is 0 Å². The van der Waals surface area contributed by atoms with E-state index >= 15 is 0 Å². The van der Waals surface area contributed by atoms with E-state index in [-0.39, 0.29) is 5.38 Å². The molecule has 1 atom stereocenters. The fourth-order valence-electron chi connectivity index (χ4n) is 3.56. The normalized spacial score (nSPS) is 19.0. The van der Waals surface area contributed by atoms with Crippen molar-refractivity contribution in [3.63, 3.8) is 0 Å². The van der Waals surface area contributed by atoms with Crippen LogP contribution in [0.15, 0.2) is 18.2 Å². The van der Waals surface area contributed by atoms with Crippen molar-refractivity contribution in [2.75, 3.05) is 0 Å². The van der Waals surface area contributed by atoms with Gasteiger partial charge in [-0.2, -0.15) is 0 Å². The Balaban J connectivity index is 2.28. The van der Waals surface area contributed by atoms with Gasteiger partial charge in [0.1, 0.15) is 0 Å². The third-order valence-corrected chi connectivity index (χ3v) is 5.60. The van der Waals surface area contributed by atoms with Crippen LogP contribution >= 0.6 is 11.6 Å². The minimum atomic E-state index is 0.196. The Labute approximate surface area is 136 Å². The maximum atomic E-state index is 6.94. The zero-order chi connectivity index (χ0) is 15.4. The Morgan fingerprint density at radius 1 is 0.857 bits per heavy atom. The van der Waals surface area contributed by atoms with E-state index in [1.54, 1.807) is 0 Å². The molecule has 1 aromatic carbocycles. The highest BCUT2D eigenvalue weighted by molar-refractivity contribution is 6.21. The lowest BCUT2D eigenvalue weighted by Gasteiger charge is -2.25. The van der Waals surface area contributed by atoms with Crippen molar-refractivity contribution in [1.82, 2.24) is 0 Å². The topological polar surface area (TPSA) is 0 Å². The maximum absolute atomic E-state index is 6.94. The van der Waals surface area contributed by atoms with E-state index in [1.165, 1.54) is 55.2 Å². The van der Waals surface area contributed by atoms with E-state index in [1.807, 2.05) is 0 Å². The molecule has 1 saturated carbocycles. The lowest BCUT2D eigenvalue weighted by Crippen LogP contribution is -2.11. The number of hydrogen-bond donors (Lipinski definition) is 0. The number of benzene rings is 1. The lowest BCUT2D eigenvalue weighted by atomic mass is 9.85. The number of rotatable bonds is 4. The molecule has 1 aliphatic rings. The third kappa shape index (κ3) is 4.25. The predicted octanol–water partition coefficient (Wildman–Crippen LogP) is 7.18. The molecule has 1 fully saturated rings. The van der Waals surface area contributed by atoms with Gasteiger partial charge in [0.25, 0.3) is 0 Å². The molecule has 1 aromatic rings. The third-order valence-electron chi connectivity index (χ3n) is 5.01. The first-order chi connectivity index (χ1) is 10.0. The molecule has 0 heterocycles. The van der Waals surface area contributed by atoms with Gasteiger partial charge < -0.3 is 0 Å². The Morgan fingerprint density at radius 3 is 2.00 bits per heavy atom. The fourth-order valence-corrected chi connectivity index (χ4v) is 4.01.